The predicted octanol–water partition coefficient (Wildman–Crippen LogP) is 2.88. The first-order chi connectivity index (χ1) is 7.19. The number of hydrogen-bond donors (Lipinski definition) is 1. The Morgan fingerprint density at radius 2 is 2.13 bits per heavy atom. The molecule has 1 N–H and O–H groups in total. The van der Waals surface area contributed by atoms with E-state index in [0.717, 1.165) is 18.6 Å². The highest BCUT2D eigenvalue weighted by atomic mass is 16.5. The lowest BCUT2D eigenvalue weighted by Crippen LogP contribution is -1.99. The Morgan fingerprint density at radius 1 is 1.40 bits per heavy atom. The molecule has 0 saturated heterocycles. The third-order valence-electron chi connectivity index (χ3n) is 2.72. The molecule has 0 amide bonds. The molecule has 0 saturated carbocycles. The van der Waals surface area contributed by atoms with Gasteiger partial charge in [0.05, 0.1) is 7.11 Å². The smallest absolute Gasteiger partial charge is 0.122 e. The summed E-state index contributed by atoms with van der Waals surface area (Å²) in [5.74, 6) is 1.40. The Labute approximate surface area is 91.9 Å². The van der Waals surface area contributed by atoms with Crippen molar-refractivity contribution < 1.29 is 9.84 Å². The zero-order chi connectivity index (χ0) is 11.3. The molecule has 0 aromatic heterocycles. The summed E-state index contributed by atoms with van der Waals surface area (Å²) in [6.07, 6.45) is 1.84. The second-order valence-electron chi connectivity index (χ2n) is 4.01. The summed E-state index contributed by atoms with van der Waals surface area (Å²) in [7, 11) is 1.71. The molecule has 0 fully saturated rings. The van der Waals surface area contributed by atoms with E-state index >= 15 is 0 Å². The van der Waals surface area contributed by atoms with Gasteiger partial charge in [0, 0.05) is 6.61 Å². The predicted molar refractivity (Wildman–Crippen MR) is 62.5 cm³/mol. The summed E-state index contributed by atoms with van der Waals surface area (Å²) in [4.78, 5) is 0. The normalized spacial score (nSPS) is 12.5. The van der Waals surface area contributed by atoms with Crippen LogP contribution in [-0.2, 0) is 0 Å². The van der Waals surface area contributed by atoms with Gasteiger partial charge in [0.25, 0.3) is 0 Å². The van der Waals surface area contributed by atoms with Crippen LogP contribution in [0.1, 0.15) is 36.8 Å². The molecule has 0 heterocycles. The van der Waals surface area contributed by atoms with Crippen LogP contribution >= 0.6 is 0 Å². The molecule has 0 aliphatic carbocycles. The van der Waals surface area contributed by atoms with E-state index in [0.29, 0.717) is 5.92 Å². The molecule has 1 unspecified atom stereocenters. The van der Waals surface area contributed by atoms with Crippen molar-refractivity contribution in [2.75, 3.05) is 13.7 Å². The van der Waals surface area contributed by atoms with Gasteiger partial charge in [-0.05, 0) is 42.9 Å². The highest BCUT2D eigenvalue weighted by Gasteiger charge is 2.10. The van der Waals surface area contributed by atoms with Crippen molar-refractivity contribution in [3.63, 3.8) is 0 Å². The summed E-state index contributed by atoms with van der Waals surface area (Å²) >= 11 is 0. The van der Waals surface area contributed by atoms with Gasteiger partial charge in [-0.1, -0.05) is 19.1 Å². The third-order valence-corrected chi connectivity index (χ3v) is 2.72. The molecule has 2 nitrogen and oxygen atoms in total. The molecule has 0 aliphatic rings. The largest absolute Gasteiger partial charge is 0.496 e. The van der Waals surface area contributed by atoms with Crippen molar-refractivity contribution in [3.8, 4) is 5.75 Å². The second-order valence-corrected chi connectivity index (χ2v) is 4.01. The summed E-state index contributed by atoms with van der Waals surface area (Å²) in [5.41, 5.74) is 2.45. The lowest BCUT2D eigenvalue weighted by molar-refractivity contribution is 0.280. The molecule has 1 rings (SSSR count). The van der Waals surface area contributed by atoms with Crippen LogP contribution in [0.3, 0.4) is 0 Å². The van der Waals surface area contributed by atoms with Crippen LogP contribution in [0.25, 0.3) is 0 Å². The molecule has 1 aromatic rings. The maximum atomic E-state index is 8.80. The number of hydrogen-bond acceptors (Lipinski definition) is 2. The van der Waals surface area contributed by atoms with Crippen molar-refractivity contribution in [2.24, 2.45) is 0 Å². The molecule has 1 aromatic carbocycles. The Bertz CT molecular complexity index is 307. The summed E-state index contributed by atoms with van der Waals surface area (Å²) < 4.78 is 5.36. The number of aliphatic hydroxyl groups is 1. The Morgan fingerprint density at radius 3 is 2.73 bits per heavy atom. The fourth-order valence-corrected chi connectivity index (χ4v) is 1.78. The molecule has 2 heteroatoms. The maximum Gasteiger partial charge on any atom is 0.122 e. The van der Waals surface area contributed by atoms with Gasteiger partial charge in [0.15, 0.2) is 0 Å². The van der Waals surface area contributed by atoms with Crippen molar-refractivity contribution in [3.05, 3.63) is 29.3 Å². The maximum absolute atomic E-state index is 8.80. The SMILES string of the molecule is COc1cc(C)ccc1C(C)CCCO. The average Bonchev–Trinajstić information content (AvgIpc) is 2.25. The number of rotatable bonds is 5. The van der Waals surface area contributed by atoms with E-state index in [4.69, 9.17) is 9.84 Å². The lowest BCUT2D eigenvalue weighted by atomic mass is 9.94. The fourth-order valence-electron chi connectivity index (χ4n) is 1.78. The molecule has 0 spiro atoms. The van der Waals surface area contributed by atoms with Gasteiger partial charge in [-0.2, -0.15) is 0 Å². The van der Waals surface area contributed by atoms with Gasteiger partial charge in [0.2, 0.25) is 0 Å². The summed E-state index contributed by atoms with van der Waals surface area (Å²) in [5, 5.41) is 8.80. The minimum Gasteiger partial charge on any atom is -0.496 e. The van der Waals surface area contributed by atoms with Crippen LogP contribution in [0.4, 0.5) is 0 Å². The number of aliphatic hydroxyl groups excluding tert-OH is 1. The summed E-state index contributed by atoms with van der Waals surface area (Å²) in [6.45, 7) is 4.49. The van der Waals surface area contributed by atoms with Crippen LogP contribution in [0.2, 0.25) is 0 Å². The van der Waals surface area contributed by atoms with E-state index in [2.05, 4.69) is 32.0 Å². The van der Waals surface area contributed by atoms with E-state index in [1.807, 2.05) is 0 Å². The lowest BCUT2D eigenvalue weighted by Gasteiger charge is -2.15. The minimum atomic E-state index is 0.262. The summed E-state index contributed by atoms with van der Waals surface area (Å²) in [6, 6.07) is 6.29. The Hall–Kier alpha value is -1.02. The van der Waals surface area contributed by atoms with Gasteiger partial charge >= 0.3 is 0 Å². The van der Waals surface area contributed by atoms with Gasteiger partial charge in [0.1, 0.15) is 5.75 Å². The average molecular weight is 208 g/mol. The molecule has 15 heavy (non-hydrogen) atoms. The first-order valence-corrected chi connectivity index (χ1v) is 5.44. The zero-order valence-corrected chi connectivity index (χ0v) is 9.79. The fraction of sp³-hybridized carbons (Fsp3) is 0.538. The molecule has 0 radical (unpaired) electrons. The molecule has 0 bridgehead atoms. The standard InChI is InChI=1S/C13H20O2/c1-10-6-7-12(13(9-10)15-3)11(2)5-4-8-14/h6-7,9,11,14H,4-5,8H2,1-3H3. The van der Waals surface area contributed by atoms with Crippen LogP contribution in [0.15, 0.2) is 18.2 Å². The number of methoxy groups -OCH3 is 1. The second kappa shape index (κ2) is 5.76. The molecule has 84 valence electrons. The quantitative estimate of drug-likeness (QED) is 0.806. The van der Waals surface area contributed by atoms with Crippen LogP contribution < -0.4 is 4.74 Å². The molecule has 1 atom stereocenters. The molecular weight excluding hydrogens is 188 g/mol. The topological polar surface area (TPSA) is 29.5 Å². The van der Waals surface area contributed by atoms with E-state index in [9.17, 15) is 0 Å². The first kappa shape index (κ1) is 12.1. The molecular formula is C13H20O2. The van der Waals surface area contributed by atoms with Crippen LogP contribution in [-0.4, -0.2) is 18.8 Å². The van der Waals surface area contributed by atoms with Gasteiger partial charge in [-0.15, -0.1) is 0 Å². The Kier molecular flexibility index (Phi) is 4.63. The highest BCUT2D eigenvalue weighted by Crippen LogP contribution is 2.30. The van der Waals surface area contributed by atoms with Crippen molar-refractivity contribution in [1.29, 1.82) is 0 Å². The van der Waals surface area contributed by atoms with Crippen molar-refractivity contribution in [1.82, 2.24) is 0 Å². The van der Waals surface area contributed by atoms with E-state index in [-0.39, 0.29) is 6.61 Å². The number of ether oxygens (including phenoxy) is 1. The Balaban J connectivity index is 2.82. The van der Waals surface area contributed by atoms with Gasteiger partial charge < -0.3 is 9.84 Å². The van der Waals surface area contributed by atoms with Crippen molar-refractivity contribution >= 4 is 0 Å². The molecule has 0 aliphatic heterocycles. The monoisotopic (exact) mass is 208 g/mol. The number of benzene rings is 1. The van der Waals surface area contributed by atoms with E-state index < -0.39 is 0 Å². The van der Waals surface area contributed by atoms with Crippen LogP contribution in [0.5, 0.6) is 5.75 Å². The van der Waals surface area contributed by atoms with Gasteiger partial charge in [-0.25, -0.2) is 0 Å². The zero-order valence-electron chi connectivity index (χ0n) is 9.79. The van der Waals surface area contributed by atoms with E-state index in [1.54, 1.807) is 7.11 Å². The highest BCUT2D eigenvalue weighted by molar-refractivity contribution is 5.39. The van der Waals surface area contributed by atoms with Crippen LogP contribution in [0, 0.1) is 6.92 Å². The van der Waals surface area contributed by atoms with Crippen molar-refractivity contribution in [2.45, 2.75) is 32.6 Å². The van der Waals surface area contributed by atoms with Gasteiger partial charge in [-0.3, -0.25) is 0 Å². The third kappa shape index (κ3) is 3.24. The first-order valence-electron chi connectivity index (χ1n) is 5.44. The minimum absolute atomic E-state index is 0.262. The number of aryl methyl sites for hydroxylation is 1. The van der Waals surface area contributed by atoms with E-state index in [1.165, 1.54) is 11.1 Å².